The fraction of sp³-hybridized carbons (Fsp3) is 0.500. The van der Waals surface area contributed by atoms with Gasteiger partial charge in [-0.3, -0.25) is 0 Å². The van der Waals surface area contributed by atoms with Crippen LogP contribution < -0.4 is 5.32 Å². The highest BCUT2D eigenvalue weighted by molar-refractivity contribution is 5.73. The van der Waals surface area contributed by atoms with Crippen molar-refractivity contribution in [3.63, 3.8) is 0 Å². The summed E-state index contributed by atoms with van der Waals surface area (Å²) < 4.78 is 82.6. The van der Waals surface area contributed by atoms with E-state index < -0.39 is 24.0 Å². The molecule has 2 N–H and O–H groups in total. The van der Waals surface area contributed by atoms with Gasteiger partial charge in [0.15, 0.2) is 0 Å². The Hall–Kier alpha value is -2.24. The van der Waals surface area contributed by atoms with E-state index >= 15 is 0 Å². The summed E-state index contributed by atoms with van der Waals surface area (Å²) in [4.78, 5) is 8.90. The predicted octanol–water partition coefficient (Wildman–Crippen LogP) is 3.97. The molecule has 0 bridgehead atoms. The van der Waals surface area contributed by atoms with Gasteiger partial charge in [0.05, 0.1) is 0 Å². The van der Waals surface area contributed by atoms with Gasteiger partial charge in [-0.15, -0.1) is 10.2 Å². The first kappa shape index (κ1) is 21.8. The van der Waals surface area contributed by atoms with E-state index in [0.29, 0.717) is 5.56 Å². The summed E-state index contributed by atoms with van der Waals surface area (Å²) in [6.07, 6.45) is -9.78. The fourth-order valence-electron chi connectivity index (χ4n) is 1.74. The summed E-state index contributed by atoms with van der Waals surface area (Å²) in [7, 11) is 0. The van der Waals surface area contributed by atoms with Gasteiger partial charge in [-0.25, -0.2) is 9.18 Å². The minimum Gasteiger partial charge on any atom is -0.475 e. The first-order valence-electron chi connectivity index (χ1n) is 7.05. The summed E-state index contributed by atoms with van der Waals surface area (Å²) in [6.45, 7) is 2.07. The Morgan fingerprint density at radius 1 is 1.19 bits per heavy atom. The molecule has 0 saturated heterocycles. The summed E-state index contributed by atoms with van der Waals surface area (Å²) in [6, 6.07) is 4.64. The zero-order valence-corrected chi connectivity index (χ0v) is 13.2. The van der Waals surface area contributed by atoms with Gasteiger partial charge in [0, 0.05) is 25.1 Å². The van der Waals surface area contributed by atoms with Crippen molar-refractivity contribution < 1.29 is 40.6 Å². The number of aryl methyl sites for hydroxylation is 1. The van der Waals surface area contributed by atoms with Crippen LogP contribution in [0.4, 0.5) is 30.7 Å². The van der Waals surface area contributed by atoms with Gasteiger partial charge in [0.25, 0.3) is 5.66 Å². The lowest BCUT2D eigenvalue weighted by Crippen LogP contribution is -2.35. The van der Waals surface area contributed by atoms with Crippen LogP contribution in [0.3, 0.4) is 0 Å². The lowest BCUT2D eigenvalue weighted by Gasteiger charge is -2.14. The van der Waals surface area contributed by atoms with Gasteiger partial charge in [0.1, 0.15) is 5.82 Å². The van der Waals surface area contributed by atoms with E-state index in [1.165, 1.54) is 6.07 Å². The molecule has 2 rings (SSSR count). The van der Waals surface area contributed by atoms with Crippen LogP contribution in [0.1, 0.15) is 17.5 Å². The van der Waals surface area contributed by atoms with E-state index in [0.717, 1.165) is 5.56 Å². The number of rotatable bonds is 5. The molecule has 146 valence electrons. The van der Waals surface area contributed by atoms with Gasteiger partial charge < -0.3 is 10.4 Å². The average Bonchev–Trinajstić information content (AvgIpc) is 3.27. The number of nitrogens with one attached hydrogen (secondary N) is 1. The number of aliphatic carboxylic acids is 1. The molecule has 0 fully saturated rings. The van der Waals surface area contributed by atoms with Crippen LogP contribution in [-0.4, -0.2) is 35.6 Å². The summed E-state index contributed by atoms with van der Waals surface area (Å²) in [5.74, 6) is -3.13. The smallest absolute Gasteiger partial charge is 0.475 e. The monoisotopic (exact) mass is 389 g/mol. The third-order valence-electron chi connectivity index (χ3n) is 3.20. The molecular weight excluding hydrogens is 375 g/mol. The number of carboxylic acids is 1. The second-order valence-electron chi connectivity index (χ2n) is 5.34. The Balaban J connectivity index is 0.000000412. The van der Waals surface area contributed by atoms with E-state index in [-0.39, 0.29) is 25.3 Å². The second kappa shape index (κ2) is 7.98. The van der Waals surface area contributed by atoms with E-state index in [4.69, 9.17) is 9.90 Å². The summed E-state index contributed by atoms with van der Waals surface area (Å²) in [5, 5.41) is 16.0. The standard InChI is InChI=1S/C12H13F4N3.C2HF3O2/c1-8-2-3-10(13)9(6-8)7-17-5-4-11(18-19-11)12(14,15)16;3-2(4,5)1(6)7/h2-3,6,17H,4-5,7H2,1H3;(H,6,7). The minimum absolute atomic E-state index is 0.0693. The van der Waals surface area contributed by atoms with Crippen LogP contribution in [0.25, 0.3) is 0 Å². The molecule has 0 atom stereocenters. The third kappa shape index (κ3) is 6.24. The van der Waals surface area contributed by atoms with E-state index in [9.17, 15) is 30.7 Å². The molecule has 0 aromatic heterocycles. The number of carboxylic acid groups (broad SMARTS) is 1. The van der Waals surface area contributed by atoms with Crippen molar-refractivity contribution in [3.05, 3.63) is 35.1 Å². The van der Waals surface area contributed by atoms with Crippen LogP contribution in [-0.2, 0) is 11.3 Å². The van der Waals surface area contributed by atoms with Crippen molar-refractivity contribution in [2.75, 3.05) is 6.54 Å². The molecule has 1 heterocycles. The van der Waals surface area contributed by atoms with Crippen LogP contribution >= 0.6 is 0 Å². The minimum atomic E-state index is -5.08. The second-order valence-corrected chi connectivity index (χ2v) is 5.34. The highest BCUT2D eigenvalue weighted by Gasteiger charge is 2.63. The Bertz CT molecular complexity index is 665. The Morgan fingerprint density at radius 3 is 2.15 bits per heavy atom. The molecule has 0 radical (unpaired) electrons. The highest BCUT2D eigenvalue weighted by Crippen LogP contribution is 2.46. The predicted molar refractivity (Wildman–Crippen MR) is 74.8 cm³/mol. The Labute approximate surface area is 142 Å². The van der Waals surface area contributed by atoms with Gasteiger partial charge >= 0.3 is 18.3 Å². The number of halogens is 7. The molecule has 5 nitrogen and oxygen atoms in total. The molecule has 0 unspecified atom stereocenters. The molecule has 12 heteroatoms. The molecule has 1 aliphatic heterocycles. The molecule has 0 saturated carbocycles. The topological polar surface area (TPSA) is 74.0 Å². The van der Waals surface area contributed by atoms with E-state index in [1.54, 1.807) is 12.1 Å². The van der Waals surface area contributed by atoms with Crippen molar-refractivity contribution in [1.29, 1.82) is 0 Å². The first-order valence-corrected chi connectivity index (χ1v) is 7.05. The number of carbonyl (C=O) groups is 1. The SMILES string of the molecule is Cc1ccc(F)c(CNCCC2(C(F)(F)F)N=N2)c1.O=C(O)C(F)(F)F. The molecule has 26 heavy (non-hydrogen) atoms. The molecule has 1 aromatic carbocycles. The molecule has 1 aromatic rings. The van der Waals surface area contributed by atoms with E-state index in [1.807, 2.05) is 6.92 Å². The zero-order chi connectivity index (χ0) is 20.2. The number of alkyl halides is 6. The Kier molecular flexibility index (Phi) is 6.69. The maximum absolute atomic E-state index is 13.4. The molecule has 0 amide bonds. The lowest BCUT2D eigenvalue weighted by atomic mass is 10.1. The van der Waals surface area contributed by atoms with Crippen LogP contribution in [0.2, 0.25) is 0 Å². The number of benzene rings is 1. The summed E-state index contributed by atoms with van der Waals surface area (Å²) in [5.41, 5.74) is -0.895. The summed E-state index contributed by atoms with van der Waals surface area (Å²) >= 11 is 0. The van der Waals surface area contributed by atoms with Crippen molar-refractivity contribution in [2.45, 2.75) is 37.9 Å². The highest BCUT2D eigenvalue weighted by atomic mass is 19.4. The Morgan fingerprint density at radius 2 is 1.73 bits per heavy atom. The fourth-order valence-corrected chi connectivity index (χ4v) is 1.74. The maximum Gasteiger partial charge on any atom is 0.490 e. The van der Waals surface area contributed by atoms with Gasteiger partial charge in [0.2, 0.25) is 0 Å². The normalized spacial score (nSPS) is 15.2. The van der Waals surface area contributed by atoms with Gasteiger partial charge in [-0.1, -0.05) is 17.7 Å². The van der Waals surface area contributed by atoms with E-state index in [2.05, 4.69) is 15.5 Å². The average molecular weight is 389 g/mol. The number of hydrogen-bond acceptors (Lipinski definition) is 4. The molecule has 1 aliphatic rings. The van der Waals surface area contributed by atoms with Crippen LogP contribution in [0.15, 0.2) is 28.4 Å². The molecule has 0 aliphatic carbocycles. The van der Waals surface area contributed by atoms with Crippen LogP contribution in [0.5, 0.6) is 0 Å². The van der Waals surface area contributed by atoms with Crippen molar-refractivity contribution >= 4 is 5.97 Å². The molecular formula is C14H14F7N3O2. The quantitative estimate of drug-likeness (QED) is 0.591. The number of hydrogen-bond donors (Lipinski definition) is 2. The van der Waals surface area contributed by atoms with Gasteiger partial charge in [-0.2, -0.15) is 26.3 Å². The first-order chi connectivity index (χ1) is 11.8. The van der Waals surface area contributed by atoms with Crippen molar-refractivity contribution in [2.24, 2.45) is 10.2 Å². The number of nitrogens with zero attached hydrogens (tertiary/aromatic N) is 2. The third-order valence-corrected chi connectivity index (χ3v) is 3.20. The molecule has 0 spiro atoms. The van der Waals surface area contributed by atoms with Crippen LogP contribution in [0, 0.1) is 12.7 Å². The van der Waals surface area contributed by atoms with Gasteiger partial charge in [-0.05, 0) is 13.0 Å². The maximum atomic E-state index is 13.4. The largest absolute Gasteiger partial charge is 0.490 e. The lowest BCUT2D eigenvalue weighted by molar-refractivity contribution is -0.192. The van der Waals surface area contributed by atoms with Crippen molar-refractivity contribution in [1.82, 2.24) is 5.32 Å². The van der Waals surface area contributed by atoms with Crippen molar-refractivity contribution in [3.8, 4) is 0 Å². The zero-order valence-electron chi connectivity index (χ0n) is 13.2.